The maximum atomic E-state index is 13.3. The SMILES string of the molecule is CCCOc1cc(Cl)ccc1C(=O)NC(c1ccccc1)C(C)(C)N1CCCC1. The largest absolute Gasteiger partial charge is 0.493 e. The van der Waals surface area contributed by atoms with Crippen molar-refractivity contribution >= 4 is 17.5 Å². The summed E-state index contributed by atoms with van der Waals surface area (Å²) in [4.78, 5) is 15.8. The van der Waals surface area contributed by atoms with Crippen LogP contribution < -0.4 is 10.1 Å². The molecular weight excluding hydrogens is 384 g/mol. The van der Waals surface area contributed by atoms with E-state index in [-0.39, 0.29) is 17.5 Å². The van der Waals surface area contributed by atoms with Gasteiger partial charge < -0.3 is 10.1 Å². The molecule has 0 saturated carbocycles. The molecule has 1 aliphatic rings. The molecule has 156 valence electrons. The molecule has 3 rings (SSSR count). The third-order valence-corrected chi connectivity index (χ3v) is 5.92. The van der Waals surface area contributed by atoms with Gasteiger partial charge in [0.15, 0.2) is 0 Å². The molecule has 0 bridgehead atoms. The molecule has 1 atom stereocenters. The van der Waals surface area contributed by atoms with Crippen molar-refractivity contribution in [1.29, 1.82) is 0 Å². The van der Waals surface area contributed by atoms with Crippen molar-refractivity contribution in [2.75, 3.05) is 19.7 Å². The summed E-state index contributed by atoms with van der Waals surface area (Å²) in [5.41, 5.74) is 1.40. The number of nitrogens with zero attached hydrogens (tertiary/aromatic N) is 1. The Hall–Kier alpha value is -2.04. The Labute approximate surface area is 179 Å². The van der Waals surface area contributed by atoms with Crippen molar-refractivity contribution in [2.45, 2.75) is 51.6 Å². The Balaban J connectivity index is 1.91. The molecule has 1 fully saturated rings. The summed E-state index contributed by atoms with van der Waals surface area (Å²) >= 11 is 6.14. The Kier molecular flexibility index (Phi) is 7.20. The number of amides is 1. The number of likely N-dealkylation sites (tertiary alicyclic amines) is 1. The van der Waals surface area contributed by atoms with Gasteiger partial charge in [0.05, 0.1) is 18.2 Å². The van der Waals surface area contributed by atoms with Crippen LogP contribution in [0.1, 0.15) is 62.0 Å². The fraction of sp³-hybridized carbons (Fsp3) is 0.458. The summed E-state index contributed by atoms with van der Waals surface area (Å²) in [7, 11) is 0. The lowest BCUT2D eigenvalue weighted by atomic mass is 9.86. The first-order chi connectivity index (χ1) is 13.9. The Morgan fingerprint density at radius 1 is 1.17 bits per heavy atom. The second-order valence-electron chi connectivity index (χ2n) is 8.15. The number of ether oxygens (including phenoxy) is 1. The van der Waals surface area contributed by atoms with Gasteiger partial charge in [0.1, 0.15) is 5.75 Å². The lowest BCUT2D eigenvalue weighted by Gasteiger charge is -2.42. The maximum Gasteiger partial charge on any atom is 0.255 e. The average Bonchev–Trinajstić information content (AvgIpc) is 3.26. The molecular formula is C24H31ClN2O2. The number of benzene rings is 2. The molecule has 0 aromatic heterocycles. The van der Waals surface area contributed by atoms with Crippen molar-refractivity contribution < 1.29 is 9.53 Å². The van der Waals surface area contributed by atoms with Crippen LogP contribution in [0.4, 0.5) is 0 Å². The van der Waals surface area contributed by atoms with Gasteiger partial charge in [0.2, 0.25) is 0 Å². The van der Waals surface area contributed by atoms with Gasteiger partial charge in [-0.1, -0.05) is 48.9 Å². The number of hydrogen-bond acceptors (Lipinski definition) is 3. The fourth-order valence-electron chi connectivity index (χ4n) is 4.01. The van der Waals surface area contributed by atoms with Crippen molar-refractivity contribution in [3.63, 3.8) is 0 Å². The van der Waals surface area contributed by atoms with Crippen LogP contribution in [0.2, 0.25) is 5.02 Å². The monoisotopic (exact) mass is 414 g/mol. The predicted molar refractivity (Wildman–Crippen MR) is 119 cm³/mol. The van der Waals surface area contributed by atoms with Crippen molar-refractivity contribution in [1.82, 2.24) is 10.2 Å². The predicted octanol–water partition coefficient (Wildman–Crippen LogP) is 5.47. The van der Waals surface area contributed by atoms with E-state index in [1.165, 1.54) is 12.8 Å². The lowest BCUT2D eigenvalue weighted by Crippen LogP contribution is -2.52. The highest BCUT2D eigenvalue weighted by Gasteiger charge is 2.38. The molecule has 1 unspecified atom stereocenters. The topological polar surface area (TPSA) is 41.6 Å². The number of carbonyl (C=O) groups is 1. The third kappa shape index (κ3) is 5.12. The highest BCUT2D eigenvalue weighted by atomic mass is 35.5. The molecule has 0 radical (unpaired) electrons. The van der Waals surface area contributed by atoms with Crippen LogP contribution in [0.5, 0.6) is 5.75 Å². The number of hydrogen-bond donors (Lipinski definition) is 1. The van der Waals surface area contributed by atoms with E-state index in [0.29, 0.717) is 22.9 Å². The highest BCUT2D eigenvalue weighted by molar-refractivity contribution is 6.30. The minimum atomic E-state index is -0.218. The molecule has 0 spiro atoms. The Morgan fingerprint density at radius 2 is 1.86 bits per heavy atom. The number of halogens is 1. The molecule has 1 N–H and O–H groups in total. The van der Waals surface area contributed by atoms with Gasteiger partial charge in [-0.25, -0.2) is 0 Å². The minimum absolute atomic E-state index is 0.145. The smallest absolute Gasteiger partial charge is 0.255 e. The number of rotatable bonds is 8. The van der Waals surface area contributed by atoms with E-state index < -0.39 is 0 Å². The van der Waals surface area contributed by atoms with Crippen LogP contribution in [0.15, 0.2) is 48.5 Å². The number of carbonyl (C=O) groups excluding carboxylic acids is 1. The van der Waals surface area contributed by atoms with Gasteiger partial charge in [-0.15, -0.1) is 0 Å². The molecule has 5 heteroatoms. The highest BCUT2D eigenvalue weighted by Crippen LogP contribution is 2.34. The first-order valence-electron chi connectivity index (χ1n) is 10.5. The Morgan fingerprint density at radius 3 is 2.52 bits per heavy atom. The normalized spacial score (nSPS) is 15.9. The van der Waals surface area contributed by atoms with Gasteiger partial charge in [-0.3, -0.25) is 9.69 Å². The molecule has 2 aromatic carbocycles. The summed E-state index contributed by atoms with van der Waals surface area (Å²) in [5.74, 6) is 0.386. The van der Waals surface area contributed by atoms with Gasteiger partial charge >= 0.3 is 0 Å². The second-order valence-corrected chi connectivity index (χ2v) is 8.59. The lowest BCUT2D eigenvalue weighted by molar-refractivity contribution is 0.0775. The molecule has 0 aliphatic carbocycles. The summed E-state index contributed by atoms with van der Waals surface area (Å²) in [5, 5.41) is 3.86. The van der Waals surface area contributed by atoms with E-state index in [1.807, 2.05) is 25.1 Å². The van der Waals surface area contributed by atoms with E-state index in [1.54, 1.807) is 18.2 Å². The molecule has 1 aliphatic heterocycles. The van der Waals surface area contributed by atoms with E-state index in [2.05, 4.69) is 36.2 Å². The minimum Gasteiger partial charge on any atom is -0.493 e. The molecule has 2 aromatic rings. The second kappa shape index (κ2) is 9.64. The zero-order valence-electron chi connectivity index (χ0n) is 17.6. The molecule has 4 nitrogen and oxygen atoms in total. The molecule has 1 heterocycles. The Bertz CT molecular complexity index is 817. The van der Waals surface area contributed by atoms with Crippen molar-refractivity contribution in [3.05, 3.63) is 64.7 Å². The van der Waals surface area contributed by atoms with Gasteiger partial charge in [0, 0.05) is 10.6 Å². The van der Waals surface area contributed by atoms with E-state index >= 15 is 0 Å². The van der Waals surface area contributed by atoms with Crippen LogP contribution in [-0.2, 0) is 0 Å². The summed E-state index contributed by atoms with van der Waals surface area (Å²) in [6.07, 6.45) is 3.26. The van der Waals surface area contributed by atoms with Crippen LogP contribution in [0.25, 0.3) is 0 Å². The molecule has 1 saturated heterocycles. The van der Waals surface area contributed by atoms with E-state index in [4.69, 9.17) is 16.3 Å². The molecule has 29 heavy (non-hydrogen) atoms. The van der Waals surface area contributed by atoms with Crippen molar-refractivity contribution in [3.8, 4) is 5.75 Å². The quantitative estimate of drug-likeness (QED) is 0.622. The van der Waals surface area contributed by atoms with Gasteiger partial charge in [0.25, 0.3) is 5.91 Å². The fourth-order valence-corrected chi connectivity index (χ4v) is 4.18. The standard InChI is InChI=1S/C24H31ClN2O2/c1-4-16-29-21-17-19(25)12-13-20(21)23(28)26-22(18-10-6-5-7-11-18)24(2,3)27-14-8-9-15-27/h5-7,10-13,17,22H,4,8-9,14-16H2,1-3H3,(H,26,28). The average molecular weight is 415 g/mol. The molecule has 1 amide bonds. The zero-order valence-corrected chi connectivity index (χ0v) is 18.3. The van der Waals surface area contributed by atoms with E-state index in [9.17, 15) is 4.79 Å². The first-order valence-corrected chi connectivity index (χ1v) is 10.8. The first kappa shape index (κ1) is 21.7. The van der Waals surface area contributed by atoms with Crippen molar-refractivity contribution in [2.24, 2.45) is 0 Å². The number of nitrogens with one attached hydrogen (secondary N) is 1. The summed E-state index contributed by atoms with van der Waals surface area (Å²) in [6.45, 7) is 9.12. The van der Waals surface area contributed by atoms with Gasteiger partial charge in [-0.2, -0.15) is 0 Å². The van der Waals surface area contributed by atoms with Gasteiger partial charge in [-0.05, 0) is 70.0 Å². The summed E-state index contributed by atoms with van der Waals surface area (Å²) < 4.78 is 5.81. The zero-order chi connectivity index (χ0) is 20.9. The van der Waals surface area contributed by atoms with Crippen LogP contribution >= 0.6 is 11.6 Å². The van der Waals surface area contributed by atoms with Crippen LogP contribution in [-0.4, -0.2) is 36.0 Å². The van der Waals surface area contributed by atoms with E-state index in [0.717, 1.165) is 25.1 Å². The van der Waals surface area contributed by atoms with Crippen LogP contribution in [0, 0.1) is 0 Å². The van der Waals surface area contributed by atoms with Crippen LogP contribution in [0.3, 0.4) is 0 Å². The third-order valence-electron chi connectivity index (χ3n) is 5.69. The maximum absolute atomic E-state index is 13.3. The summed E-state index contributed by atoms with van der Waals surface area (Å²) in [6, 6.07) is 15.3.